The van der Waals surface area contributed by atoms with Gasteiger partial charge in [-0.05, 0) is 25.0 Å². The summed E-state index contributed by atoms with van der Waals surface area (Å²) in [6.45, 7) is 0.566. The molecule has 1 fully saturated rings. The van der Waals surface area contributed by atoms with Crippen LogP contribution in [-0.4, -0.2) is 24.1 Å². The van der Waals surface area contributed by atoms with Gasteiger partial charge in [0.25, 0.3) is 0 Å². The minimum Gasteiger partial charge on any atom is -0.392 e. The Bertz CT molecular complexity index is 589. The molecule has 0 radical (unpaired) electrons. The van der Waals surface area contributed by atoms with Gasteiger partial charge in [-0.15, -0.1) is 0 Å². The predicted molar refractivity (Wildman–Crippen MR) is 74.2 cm³/mol. The first-order valence-electron chi connectivity index (χ1n) is 6.21. The monoisotopic (exact) mass is 318 g/mol. The molecule has 1 aromatic carbocycles. The normalized spacial score (nSPS) is 17.3. The summed E-state index contributed by atoms with van der Waals surface area (Å²) in [6, 6.07) is 1.67. The molecule has 2 rings (SSSR count). The lowest BCUT2D eigenvalue weighted by atomic mass is 9.79. The second-order valence-electron chi connectivity index (χ2n) is 4.74. The average molecular weight is 318 g/mol. The number of carbonyl (C=O) groups is 1. The van der Waals surface area contributed by atoms with E-state index in [1.54, 1.807) is 0 Å². The lowest BCUT2D eigenvalue weighted by Gasteiger charge is -2.34. The number of hydrogen-bond acceptors (Lipinski definition) is 3. The molecule has 0 aliphatic carbocycles. The van der Waals surface area contributed by atoms with Crippen molar-refractivity contribution < 1.29 is 22.7 Å². The van der Waals surface area contributed by atoms with Crippen molar-refractivity contribution in [2.75, 3.05) is 18.5 Å². The Morgan fingerprint density at radius 1 is 1.24 bits per heavy atom. The Hall–Kier alpha value is -1.67. The quantitative estimate of drug-likeness (QED) is 0.662. The number of nitrogens with two attached hydrogens (primary N) is 1. The Kier molecular flexibility index (Phi) is 4.48. The third kappa shape index (κ3) is 2.86. The largest absolute Gasteiger partial charge is 0.392 e. The van der Waals surface area contributed by atoms with Gasteiger partial charge in [-0.3, -0.25) is 4.79 Å². The number of nitrogens with one attached hydrogen (secondary N) is 1. The number of rotatable bonds is 3. The van der Waals surface area contributed by atoms with Crippen LogP contribution in [-0.2, 0) is 9.53 Å². The summed E-state index contributed by atoms with van der Waals surface area (Å²) in [7, 11) is 0. The zero-order valence-electron chi connectivity index (χ0n) is 10.9. The zero-order valence-corrected chi connectivity index (χ0v) is 11.7. The molecule has 1 aliphatic heterocycles. The van der Waals surface area contributed by atoms with Crippen LogP contribution in [0.3, 0.4) is 0 Å². The fraction of sp³-hybridized carbons (Fsp3) is 0.385. The SMILES string of the molecule is NC(=S)C1(C(=O)Nc2ccc(F)c(F)c2F)CCOCC1. The first kappa shape index (κ1) is 15.7. The number of thiocarbonyl (C=S) groups is 1. The molecule has 4 nitrogen and oxygen atoms in total. The molecule has 1 saturated heterocycles. The topological polar surface area (TPSA) is 64.4 Å². The van der Waals surface area contributed by atoms with Crippen molar-refractivity contribution >= 4 is 28.8 Å². The number of ether oxygens (including phenoxy) is 1. The van der Waals surface area contributed by atoms with Gasteiger partial charge in [0, 0.05) is 13.2 Å². The molecule has 0 spiro atoms. The van der Waals surface area contributed by atoms with E-state index in [0.29, 0.717) is 0 Å². The molecule has 1 aromatic rings. The Morgan fingerprint density at radius 3 is 2.43 bits per heavy atom. The number of amides is 1. The molecule has 0 unspecified atom stereocenters. The van der Waals surface area contributed by atoms with E-state index in [1.165, 1.54) is 0 Å². The fourth-order valence-electron chi connectivity index (χ4n) is 2.17. The van der Waals surface area contributed by atoms with E-state index in [1.807, 2.05) is 0 Å². The summed E-state index contributed by atoms with van der Waals surface area (Å²) >= 11 is 4.93. The van der Waals surface area contributed by atoms with Gasteiger partial charge in [0.15, 0.2) is 17.5 Å². The first-order chi connectivity index (χ1) is 9.88. The van der Waals surface area contributed by atoms with Crippen molar-refractivity contribution in [1.82, 2.24) is 0 Å². The summed E-state index contributed by atoms with van der Waals surface area (Å²) in [5.41, 5.74) is 4.00. The molecule has 1 aliphatic rings. The van der Waals surface area contributed by atoms with Gasteiger partial charge < -0.3 is 15.8 Å². The van der Waals surface area contributed by atoms with Gasteiger partial charge in [-0.1, -0.05) is 12.2 Å². The molecule has 0 aromatic heterocycles. The average Bonchev–Trinajstić information content (AvgIpc) is 2.48. The maximum absolute atomic E-state index is 13.6. The van der Waals surface area contributed by atoms with Crippen LogP contribution in [0.4, 0.5) is 18.9 Å². The molecule has 0 saturated carbocycles. The molecular weight excluding hydrogens is 305 g/mol. The number of anilines is 1. The Balaban J connectivity index is 2.28. The highest BCUT2D eigenvalue weighted by atomic mass is 32.1. The maximum atomic E-state index is 13.6. The first-order valence-corrected chi connectivity index (χ1v) is 6.62. The second kappa shape index (κ2) is 5.98. The smallest absolute Gasteiger partial charge is 0.237 e. The van der Waals surface area contributed by atoms with E-state index in [2.05, 4.69) is 5.32 Å². The summed E-state index contributed by atoms with van der Waals surface area (Å²) in [5.74, 6) is -5.10. The molecular formula is C13H13F3N2O2S. The van der Waals surface area contributed by atoms with Crippen molar-refractivity contribution in [3.63, 3.8) is 0 Å². The van der Waals surface area contributed by atoms with Crippen molar-refractivity contribution in [2.24, 2.45) is 11.1 Å². The van der Waals surface area contributed by atoms with E-state index in [-0.39, 0.29) is 31.0 Å². The molecule has 114 valence electrons. The van der Waals surface area contributed by atoms with Crippen LogP contribution in [0.2, 0.25) is 0 Å². The lowest BCUT2D eigenvalue weighted by molar-refractivity contribution is -0.126. The lowest BCUT2D eigenvalue weighted by Crippen LogP contribution is -2.49. The van der Waals surface area contributed by atoms with E-state index < -0.39 is 34.5 Å². The van der Waals surface area contributed by atoms with Crippen LogP contribution in [0, 0.1) is 22.9 Å². The van der Waals surface area contributed by atoms with Crippen molar-refractivity contribution in [3.05, 3.63) is 29.6 Å². The highest BCUT2D eigenvalue weighted by Gasteiger charge is 2.43. The number of hydrogen-bond donors (Lipinski definition) is 2. The number of benzene rings is 1. The molecule has 1 amide bonds. The van der Waals surface area contributed by atoms with E-state index in [0.717, 1.165) is 12.1 Å². The van der Waals surface area contributed by atoms with Crippen LogP contribution in [0.15, 0.2) is 12.1 Å². The van der Waals surface area contributed by atoms with Gasteiger partial charge >= 0.3 is 0 Å². The molecule has 0 bridgehead atoms. The van der Waals surface area contributed by atoms with Crippen LogP contribution in [0.5, 0.6) is 0 Å². The summed E-state index contributed by atoms with van der Waals surface area (Å²) in [5, 5.41) is 2.23. The predicted octanol–water partition coefficient (Wildman–Crippen LogP) is 2.13. The Morgan fingerprint density at radius 2 is 1.86 bits per heavy atom. The van der Waals surface area contributed by atoms with Crippen LogP contribution in [0.25, 0.3) is 0 Å². The van der Waals surface area contributed by atoms with Gasteiger partial charge in [0.2, 0.25) is 5.91 Å². The standard InChI is InChI=1S/C13H13F3N2O2S/c14-7-1-2-8(10(16)9(7)15)18-12(19)13(11(17)21)3-5-20-6-4-13/h1-2H,3-6H2,(H2,17,21)(H,18,19). The van der Waals surface area contributed by atoms with Crippen LogP contribution >= 0.6 is 12.2 Å². The Labute approximate surface area is 124 Å². The third-order valence-corrected chi connectivity index (χ3v) is 3.93. The molecule has 1 heterocycles. The van der Waals surface area contributed by atoms with Crippen molar-refractivity contribution in [3.8, 4) is 0 Å². The maximum Gasteiger partial charge on any atom is 0.237 e. The minimum atomic E-state index is -1.65. The molecule has 21 heavy (non-hydrogen) atoms. The summed E-state index contributed by atoms with van der Waals surface area (Å²) in [4.78, 5) is 12.3. The summed E-state index contributed by atoms with van der Waals surface area (Å²) < 4.78 is 44.8. The van der Waals surface area contributed by atoms with Gasteiger partial charge in [-0.25, -0.2) is 13.2 Å². The number of carbonyl (C=O) groups excluding carboxylic acids is 1. The fourth-order valence-corrected chi connectivity index (χ4v) is 2.47. The molecule has 3 N–H and O–H groups in total. The van der Waals surface area contributed by atoms with Gasteiger partial charge in [0.1, 0.15) is 5.41 Å². The second-order valence-corrected chi connectivity index (χ2v) is 5.18. The van der Waals surface area contributed by atoms with E-state index in [4.69, 9.17) is 22.7 Å². The third-order valence-electron chi connectivity index (χ3n) is 3.54. The van der Waals surface area contributed by atoms with Gasteiger partial charge in [0.05, 0.1) is 10.7 Å². The van der Waals surface area contributed by atoms with E-state index >= 15 is 0 Å². The van der Waals surface area contributed by atoms with Crippen LogP contribution < -0.4 is 11.1 Å². The molecule has 0 atom stereocenters. The number of halogens is 3. The van der Waals surface area contributed by atoms with Crippen LogP contribution in [0.1, 0.15) is 12.8 Å². The van der Waals surface area contributed by atoms with Crippen molar-refractivity contribution in [2.45, 2.75) is 12.8 Å². The van der Waals surface area contributed by atoms with Crippen molar-refractivity contribution in [1.29, 1.82) is 0 Å². The van der Waals surface area contributed by atoms with E-state index in [9.17, 15) is 18.0 Å². The minimum absolute atomic E-state index is 0.0358. The highest BCUT2D eigenvalue weighted by molar-refractivity contribution is 7.80. The van der Waals surface area contributed by atoms with Gasteiger partial charge in [-0.2, -0.15) is 0 Å². The zero-order chi connectivity index (χ0) is 15.6. The highest BCUT2D eigenvalue weighted by Crippen LogP contribution is 2.33. The molecule has 8 heteroatoms. The summed E-state index contributed by atoms with van der Waals surface area (Å²) in [6.07, 6.45) is 0.499.